The standard InChI is InChI=1S/C9H14N2O2S/c1-6(2)5-11-8(13)4-7(12)10(3)9(11)14/h6H,4-5H2,1-3H3. The van der Waals surface area contributed by atoms with Gasteiger partial charge in [-0.05, 0) is 18.1 Å². The van der Waals surface area contributed by atoms with Crippen LogP contribution in [0.15, 0.2) is 0 Å². The molecular formula is C9H14N2O2S. The van der Waals surface area contributed by atoms with Gasteiger partial charge in [0.15, 0.2) is 5.11 Å². The minimum atomic E-state index is -0.222. The van der Waals surface area contributed by atoms with Crippen LogP contribution < -0.4 is 0 Å². The molecule has 2 amide bonds. The minimum Gasteiger partial charge on any atom is -0.292 e. The van der Waals surface area contributed by atoms with Gasteiger partial charge in [0.2, 0.25) is 11.8 Å². The second kappa shape index (κ2) is 4.04. The number of nitrogens with zero attached hydrogens (tertiary/aromatic N) is 2. The van der Waals surface area contributed by atoms with Gasteiger partial charge >= 0.3 is 0 Å². The van der Waals surface area contributed by atoms with Crippen molar-refractivity contribution in [1.29, 1.82) is 0 Å². The molecule has 1 saturated heterocycles. The summed E-state index contributed by atoms with van der Waals surface area (Å²) < 4.78 is 0. The van der Waals surface area contributed by atoms with Gasteiger partial charge in [0, 0.05) is 13.6 Å². The minimum absolute atomic E-state index is 0.0661. The zero-order valence-corrected chi connectivity index (χ0v) is 9.43. The number of amides is 2. The Balaban J connectivity index is 2.79. The van der Waals surface area contributed by atoms with Crippen molar-refractivity contribution >= 4 is 29.1 Å². The molecule has 0 aromatic carbocycles. The van der Waals surface area contributed by atoms with Gasteiger partial charge in [0.1, 0.15) is 6.42 Å². The van der Waals surface area contributed by atoms with Crippen LogP contribution in [0.2, 0.25) is 0 Å². The predicted octanol–water partition coefficient (Wildman–Crippen LogP) is 0.618. The molecule has 1 heterocycles. The van der Waals surface area contributed by atoms with E-state index in [1.165, 1.54) is 9.80 Å². The number of rotatable bonds is 2. The maximum atomic E-state index is 11.5. The molecule has 0 unspecified atom stereocenters. The third-order valence-electron chi connectivity index (χ3n) is 2.04. The van der Waals surface area contributed by atoms with E-state index in [1.807, 2.05) is 13.8 Å². The molecule has 1 aliphatic heterocycles. The Bertz CT molecular complexity index is 289. The zero-order chi connectivity index (χ0) is 10.9. The summed E-state index contributed by atoms with van der Waals surface area (Å²) in [4.78, 5) is 25.6. The van der Waals surface area contributed by atoms with Gasteiger partial charge in [0.05, 0.1) is 0 Å². The molecule has 0 aliphatic carbocycles. The lowest BCUT2D eigenvalue weighted by molar-refractivity contribution is -0.139. The first-order valence-corrected chi connectivity index (χ1v) is 4.95. The number of hydrogen-bond acceptors (Lipinski definition) is 3. The summed E-state index contributed by atoms with van der Waals surface area (Å²) >= 11 is 5.03. The lowest BCUT2D eigenvalue weighted by Gasteiger charge is -2.34. The fourth-order valence-electron chi connectivity index (χ4n) is 1.28. The smallest absolute Gasteiger partial charge is 0.238 e. The number of thiocarbonyl (C=S) groups is 1. The number of carbonyl (C=O) groups excluding carboxylic acids is 2. The Morgan fingerprint density at radius 3 is 2.43 bits per heavy atom. The van der Waals surface area contributed by atoms with Crippen LogP contribution >= 0.6 is 12.2 Å². The molecule has 0 N–H and O–H groups in total. The van der Waals surface area contributed by atoms with Crippen molar-refractivity contribution in [2.45, 2.75) is 20.3 Å². The molecule has 0 radical (unpaired) electrons. The van der Waals surface area contributed by atoms with E-state index >= 15 is 0 Å². The van der Waals surface area contributed by atoms with Gasteiger partial charge in [-0.2, -0.15) is 0 Å². The Morgan fingerprint density at radius 2 is 1.93 bits per heavy atom. The van der Waals surface area contributed by atoms with Crippen molar-refractivity contribution < 1.29 is 9.59 Å². The van der Waals surface area contributed by atoms with Crippen LogP contribution in [0, 0.1) is 5.92 Å². The van der Waals surface area contributed by atoms with Gasteiger partial charge in [-0.15, -0.1) is 0 Å². The average Bonchev–Trinajstić information content (AvgIpc) is 2.09. The Kier molecular flexibility index (Phi) is 3.21. The molecule has 14 heavy (non-hydrogen) atoms. The van der Waals surface area contributed by atoms with Gasteiger partial charge in [-0.1, -0.05) is 13.8 Å². The van der Waals surface area contributed by atoms with Crippen LogP contribution in [-0.2, 0) is 9.59 Å². The third kappa shape index (κ3) is 2.09. The quantitative estimate of drug-likeness (QED) is 0.500. The van der Waals surface area contributed by atoms with E-state index in [9.17, 15) is 9.59 Å². The Hall–Kier alpha value is -0.970. The summed E-state index contributed by atoms with van der Waals surface area (Å²) in [6.07, 6.45) is -0.0661. The fourth-order valence-corrected chi connectivity index (χ4v) is 1.56. The van der Waals surface area contributed by atoms with E-state index in [1.54, 1.807) is 7.05 Å². The molecule has 78 valence electrons. The molecule has 0 aromatic rings. The summed E-state index contributed by atoms with van der Waals surface area (Å²) in [5, 5.41) is 0.319. The predicted molar refractivity (Wildman–Crippen MR) is 56.5 cm³/mol. The van der Waals surface area contributed by atoms with E-state index < -0.39 is 0 Å². The number of carbonyl (C=O) groups is 2. The molecule has 0 spiro atoms. The van der Waals surface area contributed by atoms with Crippen LogP contribution in [0.5, 0.6) is 0 Å². The fraction of sp³-hybridized carbons (Fsp3) is 0.667. The first-order valence-electron chi connectivity index (χ1n) is 4.54. The molecule has 0 saturated carbocycles. The topological polar surface area (TPSA) is 40.6 Å². The lowest BCUT2D eigenvalue weighted by Crippen LogP contribution is -2.54. The molecule has 0 bridgehead atoms. The van der Waals surface area contributed by atoms with E-state index in [2.05, 4.69) is 0 Å². The summed E-state index contributed by atoms with van der Waals surface area (Å²) in [5.74, 6) is -0.0645. The molecule has 1 aliphatic rings. The van der Waals surface area contributed by atoms with Crippen LogP contribution in [0.3, 0.4) is 0 Å². The van der Waals surface area contributed by atoms with Crippen LogP contribution in [-0.4, -0.2) is 40.3 Å². The van der Waals surface area contributed by atoms with Gasteiger partial charge < -0.3 is 0 Å². The van der Waals surface area contributed by atoms with Crippen LogP contribution in [0.25, 0.3) is 0 Å². The van der Waals surface area contributed by atoms with Crippen molar-refractivity contribution in [3.63, 3.8) is 0 Å². The lowest BCUT2D eigenvalue weighted by atomic mass is 10.2. The normalized spacial score (nSPS) is 18.4. The van der Waals surface area contributed by atoms with E-state index in [0.29, 0.717) is 17.6 Å². The first kappa shape index (κ1) is 11.1. The first-order chi connectivity index (χ1) is 6.43. The van der Waals surface area contributed by atoms with Crippen molar-refractivity contribution in [2.24, 2.45) is 5.92 Å². The molecule has 0 atom stereocenters. The van der Waals surface area contributed by atoms with Crippen LogP contribution in [0.4, 0.5) is 0 Å². The van der Waals surface area contributed by atoms with E-state index in [4.69, 9.17) is 12.2 Å². The summed E-state index contributed by atoms with van der Waals surface area (Å²) in [7, 11) is 1.60. The van der Waals surface area contributed by atoms with Crippen LogP contribution in [0.1, 0.15) is 20.3 Å². The maximum absolute atomic E-state index is 11.5. The Labute approximate surface area is 88.9 Å². The third-order valence-corrected chi connectivity index (χ3v) is 2.54. The van der Waals surface area contributed by atoms with Gasteiger partial charge in [0.25, 0.3) is 0 Å². The second-order valence-corrected chi connectivity index (χ2v) is 4.18. The van der Waals surface area contributed by atoms with Crippen molar-refractivity contribution in [3.8, 4) is 0 Å². The van der Waals surface area contributed by atoms with Gasteiger partial charge in [-0.3, -0.25) is 19.4 Å². The molecular weight excluding hydrogens is 200 g/mol. The van der Waals surface area contributed by atoms with Crippen molar-refractivity contribution in [1.82, 2.24) is 9.80 Å². The Morgan fingerprint density at radius 1 is 1.36 bits per heavy atom. The van der Waals surface area contributed by atoms with E-state index in [0.717, 1.165) is 0 Å². The monoisotopic (exact) mass is 214 g/mol. The molecule has 1 rings (SSSR count). The van der Waals surface area contributed by atoms with Crippen molar-refractivity contribution in [3.05, 3.63) is 0 Å². The average molecular weight is 214 g/mol. The summed E-state index contributed by atoms with van der Waals surface area (Å²) in [5.41, 5.74) is 0. The largest absolute Gasteiger partial charge is 0.292 e. The highest BCUT2D eigenvalue weighted by Gasteiger charge is 2.32. The number of hydrogen-bond donors (Lipinski definition) is 0. The highest BCUT2D eigenvalue weighted by Crippen LogP contribution is 2.12. The second-order valence-electron chi connectivity index (χ2n) is 3.81. The molecule has 5 heteroatoms. The van der Waals surface area contributed by atoms with Gasteiger partial charge in [-0.25, -0.2) is 0 Å². The van der Waals surface area contributed by atoms with Crippen molar-refractivity contribution in [2.75, 3.05) is 13.6 Å². The summed E-state index contributed by atoms with van der Waals surface area (Å²) in [6, 6.07) is 0. The zero-order valence-electron chi connectivity index (χ0n) is 8.61. The highest BCUT2D eigenvalue weighted by molar-refractivity contribution is 7.80. The molecule has 4 nitrogen and oxygen atoms in total. The maximum Gasteiger partial charge on any atom is 0.238 e. The molecule has 1 fully saturated rings. The summed E-state index contributed by atoms with van der Waals surface area (Å²) in [6.45, 7) is 4.59. The highest BCUT2D eigenvalue weighted by atomic mass is 32.1. The SMILES string of the molecule is CC(C)CN1C(=O)CC(=O)N(C)C1=S. The molecule has 0 aromatic heterocycles. The van der Waals surface area contributed by atoms with E-state index in [-0.39, 0.29) is 18.2 Å².